The molecule has 0 fully saturated rings. The van der Waals surface area contributed by atoms with E-state index in [2.05, 4.69) is 16.5 Å². The Bertz CT molecular complexity index is 1300. The number of benzene rings is 2. The molecule has 0 radical (unpaired) electrons. The van der Waals surface area contributed by atoms with Gasteiger partial charge in [-0.05, 0) is 48.9 Å². The molecule has 4 N–H and O–H groups in total. The number of nitrogens with zero attached hydrogens (tertiary/aromatic N) is 5. The zero-order valence-corrected chi connectivity index (χ0v) is 20.0. The summed E-state index contributed by atoms with van der Waals surface area (Å²) in [5.41, 5.74) is 10.9. The summed E-state index contributed by atoms with van der Waals surface area (Å²) in [6.07, 6.45) is -1.01. The van der Waals surface area contributed by atoms with Gasteiger partial charge in [-0.1, -0.05) is 11.6 Å². The van der Waals surface area contributed by atoms with Gasteiger partial charge >= 0.3 is 0 Å². The number of anilines is 2. The summed E-state index contributed by atoms with van der Waals surface area (Å²) >= 11 is 6.33. The molecule has 0 aliphatic carbocycles. The number of rotatable bonds is 6. The van der Waals surface area contributed by atoms with Crippen molar-refractivity contribution in [2.45, 2.75) is 26.4 Å². The molecule has 1 unspecified atom stereocenters. The molecule has 1 aliphatic rings. The minimum absolute atomic E-state index is 0.274. The van der Waals surface area contributed by atoms with E-state index in [4.69, 9.17) is 22.6 Å². The van der Waals surface area contributed by atoms with Crippen LogP contribution in [0.25, 0.3) is 11.3 Å². The summed E-state index contributed by atoms with van der Waals surface area (Å²) in [5, 5.41) is 28.2. The van der Waals surface area contributed by atoms with Crippen LogP contribution in [0.3, 0.4) is 0 Å². The Morgan fingerprint density at radius 2 is 2.06 bits per heavy atom. The summed E-state index contributed by atoms with van der Waals surface area (Å²) in [6, 6.07) is 12.9. The Morgan fingerprint density at radius 1 is 1.29 bits per heavy atom. The number of amides is 1. The number of carbonyl (C=O) groups is 1. The van der Waals surface area contributed by atoms with Crippen molar-refractivity contribution in [2.75, 3.05) is 30.9 Å². The van der Waals surface area contributed by atoms with Crippen molar-refractivity contribution >= 4 is 28.9 Å². The van der Waals surface area contributed by atoms with Crippen molar-refractivity contribution in [2.24, 2.45) is 5.73 Å². The van der Waals surface area contributed by atoms with E-state index < -0.39 is 12.3 Å². The average Bonchev–Trinajstić information content (AvgIpc) is 3.18. The molecule has 1 atom stereocenters. The number of aliphatic hydroxyl groups excluding tert-OH is 1. The lowest BCUT2D eigenvalue weighted by molar-refractivity contribution is 0.00610. The van der Waals surface area contributed by atoms with Crippen molar-refractivity contribution in [1.29, 1.82) is 5.26 Å². The predicted octanol–water partition coefficient (Wildman–Crippen LogP) is 2.75. The number of nitrogens with one attached hydrogen (secondary N) is 1. The molecule has 2 heterocycles. The first kappa shape index (κ1) is 23.6. The lowest BCUT2D eigenvalue weighted by Gasteiger charge is -2.32. The van der Waals surface area contributed by atoms with Gasteiger partial charge < -0.3 is 21.1 Å². The highest BCUT2D eigenvalue weighted by atomic mass is 35.5. The minimum Gasteiger partial charge on any atom is -0.378 e. The summed E-state index contributed by atoms with van der Waals surface area (Å²) < 4.78 is 1.76. The van der Waals surface area contributed by atoms with Crippen LogP contribution in [0.2, 0.25) is 5.02 Å². The van der Waals surface area contributed by atoms with E-state index in [-0.39, 0.29) is 6.54 Å². The van der Waals surface area contributed by atoms with Crippen LogP contribution < -0.4 is 16.0 Å². The maximum atomic E-state index is 12.5. The number of halogens is 1. The highest BCUT2D eigenvalue weighted by Crippen LogP contribution is 2.33. The van der Waals surface area contributed by atoms with Gasteiger partial charge in [0.15, 0.2) is 6.35 Å². The molecule has 4 rings (SSSR count). The lowest BCUT2D eigenvalue weighted by atomic mass is 10.0. The number of fused-ring (bicyclic) bond motifs is 1. The molecule has 1 amide bonds. The largest absolute Gasteiger partial charge is 0.378 e. The number of hydrogen-bond acceptors (Lipinski definition) is 7. The van der Waals surface area contributed by atoms with Crippen LogP contribution in [-0.2, 0) is 13.1 Å². The van der Waals surface area contributed by atoms with Gasteiger partial charge in [0.1, 0.15) is 5.69 Å². The highest BCUT2D eigenvalue weighted by Gasteiger charge is 2.30. The fraction of sp³-hybridized carbons (Fsp3) is 0.292. The molecule has 176 valence electrons. The molecule has 1 aromatic heterocycles. The first-order valence-corrected chi connectivity index (χ1v) is 11.1. The molecule has 0 spiro atoms. The number of nitriles is 1. The Morgan fingerprint density at radius 3 is 2.71 bits per heavy atom. The van der Waals surface area contributed by atoms with Crippen LogP contribution in [0.15, 0.2) is 36.4 Å². The van der Waals surface area contributed by atoms with Crippen LogP contribution in [-0.4, -0.2) is 52.7 Å². The van der Waals surface area contributed by atoms with Gasteiger partial charge in [-0.2, -0.15) is 10.4 Å². The van der Waals surface area contributed by atoms with Gasteiger partial charge in [-0.3, -0.25) is 14.4 Å². The van der Waals surface area contributed by atoms with E-state index >= 15 is 0 Å². The van der Waals surface area contributed by atoms with Crippen molar-refractivity contribution in [3.05, 3.63) is 63.8 Å². The van der Waals surface area contributed by atoms with Gasteiger partial charge in [0, 0.05) is 49.1 Å². The Labute approximate surface area is 202 Å². The normalized spacial score (nSPS) is 14.2. The minimum atomic E-state index is -1.01. The second-order valence-electron chi connectivity index (χ2n) is 8.48. The second kappa shape index (κ2) is 9.35. The van der Waals surface area contributed by atoms with E-state index in [9.17, 15) is 9.90 Å². The third-order valence-corrected chi connectivity index (χ3v) is 6.14. The highest BCUT2D eigenvalue weighted by molar-refractivity contribution is 6.31. The standard InChI is InChI=1S/C24H26ClN7O2/c1-14-8-18(5-4-15(14)12-26)28-24(34)31-6-7-32-20(13-31)21(23(27)33)22(29-32)16-9-17(25)11-19(10-16)30(2)3/h4-5,8-11,24,28,34H,6-7,13H2,1-3H3,(H2,27,33). The van der Waals surface area contributed by atoms with Gasteiger partial charge in [-0.15, -0.1) is 0 Å². The molecule has 0 bridgehead atoms. The summed E-state index contributed by atoms with van der Waals surface area (Å²) in [6.45, 7) is 3.10. The quantitative estimate of drug-likeness (QED) is 0.464. The van der Waals surface area contributed by atoms with Crippen LogP contribution >= 0.6 is 11.6 Å². The molecule has 3 aromatic rings. The molecule has 0 saturated heterocycles. The summed E-state index contributed by atoms with van der Waals surface area (Å²) in [4.78, 5) is 16.2. The molecule has 0 saturated carbocycles. The molecule has 10 heteroatoms. The Balaban J connectivity index is 1.63. The topological polar surface area (TPSA) is 123 Å². The van der Waals surface area contributed by atoms with Crippen LogP contribution in [0.5, 0.6) is 0 Å². The number of aliphatic hydroxyl groups is 1. The monoisotopic (exact) mass is 479 g/mol. The van der Waals surface area contributed by atoms with E-state index in [1.54, 1.807) is 27.8 Å². The number of hydrogen-bond donors (Lipinski definition) is 3. The zero-order valence-electron chi connectivity index (χ0n) is 19.2. The van der Waals surface area contributed by atoms with Crippen LogP contribution in [0, 0.1) is 18.3 Å². The fourth-order valence-electron chi connectivity index (χ4n) is 4.10. The molecule has 1 aliphatic heterocycles. The third kappa shape index (κ3) is 4.56. The number of nitrogens with two attached hydrogens (primary N) is 1. The van der Waals surface area contributed by atoms with Gasteiger partial charge in [0.05, 0.1) is 29.4 Å². The maximum Gasteiger partial charge on any atom is 0.252 e. The van der Waals surface area contributed by atoms with Crippen molar-refractivity contribution < 1.29 is 9.90 Å². The van der Waals surface area contributed by atoms with E-state index in [1.807, 2.05) is 44.1 Å². The van der Waals surface area contributed by atoms with E-state index in [1.165, 1.54) is 0 Å². The van der Waals surface area contributed by atoms with E-state index in [0.717, 1.165) is 11.3 Å². The second-order valence-corrected chi connectivity index (χ2v) is 8.92. The molecular formula is C24H26ClN7O2. The number of carbonyl (C=O) groups excluding carboxylic acids is 1. The predicted molar refractivity (Wildman–Crippen MR) is 131 cm³/mol. The van der Waals surface area contributed by atoms with Gasteiger partial charge in [0.25, 0.3) is 5.91 Å². The van der Waals surface area contributed by atoms with Gasteiger partial charge in [0.2, 0.25) is 0 Å². The molecule has 9 nitrogen and oxygen atoms in total. The molecular weight excluding hydrogens is 454 g/mol. The lowest BCUT2D eigenvalue weighted by Crippen LogP contribution is -2.45. The smallest absolute Gasteiger partial charge is 0.252 e. The molecule has 2 aromatic carbocycles. The van der Waals surface area contributed by atoms with Crippen molar-refractivity contribution in [3.8, 4) is 17.3 Å². The fourth-order valence-corrected chi connectivity index (χ4v) is 4.32. The van der Waals surface area contributed by atoms with Gasteiger partial charge in [-0.25, -0.2) is 0 Å². The zero-order chi connectivity index (χ0) is 24.6. The summed E-state index contributed by atoms with van der Waals surface area (Å²) in [7, 11) is 3.81. The van der Waals surface area contributed by atoms with E-state index in [0.29, 0.717) is 51.9 Å². The maximum absolute atomic E-state index is 12.5. The number of primary amides is 1. The number of aromatic nitrogens is 2. The Hall–Kier alpha value is -3.58. The van der Waals surface area contributed by atoms with Crippen LogP contribution in [0.1, 0.15) is 27.2 Å². The molecule has 34 heavy (non-hydrogen) atoms. The first-order valence-electron chi connectivity index (χ1n) is 10.7. The summed E-state index contributed by atoms with van der Waals surface area (Å²) in [5.74, 6) is -0.588. The van der Waals surface area contributed by atoms with Crippen molar-refractivity contribution in [1.82, 2.24) is 14.7 Å². The SMILES string of the molecule is Cc1cc(NC(O)N2CCn3nc(-c4cc(Cl)cc(N(C)C)c4)c(C(N)=O)c3C2)ccc1C#N. The third-order valence-electron chi connectivity index (χ3n) is 5.92. The van der Waals surface area contributed by atoms with Crippen molar-refractivity contribution in [3.63, 3.8) is 0 Å². The van der Waals surface area contributed by atoms with Crippen LogP contribution in [0.4, 0.5) is 11.4 Å². The Kier molecular flexibility index (Phi) is 6.48. The average molecular weight is 480 g/mol. The first-order chi connectivity index (χ1) is 16.2. The number of aryl methyl sites for hydroxylation is 1.